The summed E-state index contributed by atoms with van der Waals surface area (Å²) in [5, 5.41) is 9.13. The van der Waals surface area contributed by atoms with Gasteiger partial charge in [0.1, 0.15) is 15.7 Å². The molecule has 1 aromatic carbocycles. The number of carbonyl (C=O) groups is 1. The number of hydrogen-bond donors (Lipinski definition) is 1. The Balaban J connectivity index is 2.50. The van der Waals surface area contributed by atoms with E-state index in [0.717, 1.165) is 16.9 Å². The number of aromatic nitrogens is 1. The summed E-state index contributed by atoms with van der Waals surface area (Å²) < 4.78 is 13.5. The summed E-state index contributed by atoms with van der Waals surface area (Å²) in [5.74, 6) is -1.44. The van der Waals surface area contributed by atoms with Crippen molar-refractivity contribution in [3.63, 3.8) is 0 Å². The van der Waals surface area contributed by atoms with Crippen LogP contribution in [0.25, 0.3) is 10.6 Å². The van der Waals surface area contributed by atoms with E-state index >= 15 is 0 Å². The zero-order chi connectivity index (χ0) is 11.7. The van der Waals surface area contributed by atoms with Crippen molar-refractivity contribution in [1.29, 1.82) is 0 Å². The Hall–Kier alpha value is -1.75. The van der Waals surface area contributed by atoms with Crippen molar-refractivity contribution in [2.45, 2.75) is 6.92 Å². The zero-order valence-electron chi connectivity index (χ0n) is 8.40. The Morgan fingerprint density at radius 2 is 2.25 bits per heavy atom. The molecular weight excluding hydrogens is 229 g/mol. The van der Waals surface area contributed by atoms with Crippen molar-refractivity contribution in [2.24, 2.45) is 0 Å². The van der Waals surface area contributed by atoms with E-state index < -0.39 is 11.8 Å². The number of rotatable bonds is 2. The lowest BCUT2D eigenvalue weighted by molar-refractivity contribution is 0.0702. The molecule has 82 valence electrons. The molecule has 3 nitrogen and oxygen atoms in total. The Kier molecular flexibility index (Phi) is 2.70. The molecule has 0 aliphatic rings. The second kappa shape index (κ2) is 4.02. The van der Waals surface area contributed by atoms with Crippen LogP contribution in [0.2, 0.25) is 0 Å². The maximum Gasteiger partial charge on any atom is 0.347 e. The zero-order valence-corrected chi connectivity index (χ0v) is 9.21. The molecule has 16 heavy (non-hydrogen) atoms. The highest BCUT2D eigenvalue weighted by Gasteiger charge is 2.13. The van der Waals surface area contributed by atoms with Gasteiger partial charge in [-0.25, -0.2) is 14.2 Å². The quantitative estimate of drug-likeness (QED) is 0.873. The molecule has 0 aliphatic heterocycles. The molecule has 0 bridgehead atoms. The van der Waals surface area contributed by atoms with Gasteiger partial charge in [-0.05, 0) is 19.1 Å². The van der Waals surface area contributed by atoms with Gasteiger partial charge in [0.15, 0.2) is 0 Å². The monoisotopic (exact) mass is 237 g/mol. The molecule has 0 fully saturated rings. The van der Waals surface area contributed by atoms with Crippen LogP contribution < -0.4 is 0 Å². The molecule has 0 spiro atoms. The third-order valence-electron chi connectivity index (χ3n) is 2.07. The second-order valence-corrected chi connectivity index (χ2v) is 4.35. The van der Waals surface area contributed by atoms with Crippen LogP contribution in [0.3, 0.4) is 0 Å². The van der Waals surface area contributed by atoms with Gasteiger partial charge in [-0.15, -0.1) is 11.3 Å². The van der Waals surface area contributed by atoms with Gasteiger partial charge < -0.3 is 5.11 Å². The first-order valence-electron chi connectivity index (χ1n) is 4.53. The number of benzene rings is 1. The number of nitrogens with zero attached hydrogens (tertiary/aromatic N) is 1. The smallest absolute Gasteiger partial charge is 0.347 e. The molecule has 0 aliphatic carbocycles. The highest BCUT2D eigenvalue weighted by Crippen LogP contribution is 2.28. The normalized spacial score (nSPS) is 10.4. The molecule has 0 amide bonds. The van der Waals surface area contributed by atoms with Crippen LogP contribution in [-0.2, 0) is 0 Å². The number of carboxylic acids is 1. The van der Waals surface area contributed by atoms with E-state index in [-0.39, 0.29) is 4.88 Å². The van der Waals surface area contributed by atoms with Crippen molar-refractivity contribution >= 4 is 17.3 Å². The fourth-order valence-corrected chi connectivity index (χ4v) is 2.07. The molecule has 0 saturated heterocycles. The van der Waals surface area contributed by atoms with E-state index in [1.165, 1.54) is 12.3 Å². The minimum atomic E-state index is -1.04. The molecule has 0 saturated carbocycles. The maximum atomic E-state index is 13.5. The van der Waals surface area contributed by atoms with E-state index in [0.29, 0.717) is 10.6 Å². The number of aryl methyl sites for hydroxylation is 1. The molecule has 0 atom stereocenters. The summed E-state index contributed by atoms with van der Waals surface area (Å²) in [6, 6.07) is 4.66. The summed E-state index contributed by atoms with van der Waals surface area (Å²) >= 11 is 0.966. The van der Waals surface area contributed by atoms with E-state index in [1.807, 2.05) is 6.92 Å². The summed E-state index contributed by atoms with van der Waals surface area (Å²) in [6.07, 6.45) is 1.24. The van der Waals surface area contributed by atoms with Gasteiger partial charge in [0.2, 0.25) is 0 Å². The standard InChI is InChI=1S/C11H8FNO2S/c1-6-2-3-8(12)7(4-6)10-13-5-9(16-10)11(14)15/h2-5H,1H3,(H,14,15). The van der Waals surface area contributed by atoms with Gasteiger partial charge in [0, 0.05) is 5.56 Å². The average molecular weight is 237 g/mol. The highest BCUT2D eigenvalue weighted by atomic mass is 32.1. The number of hydrogen-bond acceptors (Lipinski definition) is 3. The van der Waals surface area contributed by atoms with Crippen molar-refractivity contribution in [2.75, 3.05) is 0 Å². The second-order valence-electron chi connectivity index (χ2n) is 3.32. The molecule has 1 N–H and O–H groups in total. The fraction of sp³-hybridized carbons (Fsp3) is 0.0909. The Bertz CT molecular complexity index is 551. The molecule has 1 aromatic heterocycles. The number of thiazole rings is 1. The average Bonchev–Trinajstić information content (AvgIpc) is 2.70. The van der Waals surface area contributed by atoms with Crippen LogP contribution in [0, 0.1) is 12.7 Å². The lowest BCUT2D eigenvalue weighted by Crippen LogP contribution is -1.89. The topological polar surface area (TPSA) is 50.2 Å². The predicted octanol–water partition coefficient (Wildman–Crippen LogP) is 2.96. The molecule has 0 radical (unpaired) electrons. The van der Waals surface area contributed by atoms with E-state index in [4.69, 9.17) is 5.11 Å². The van der Waals surface area contributed by atoms with Gasteiger partial charge in [0.05, 0.1) is 6.20 Å². The van der Waals surface area contributed by atoms with Crippen LogP contribution in [0.4, 0.5) is 4.39 Å². The van der Waals surface area contributed by atoms with Crippen LogP contribution in [0.1, 0.15) is 15.2 Å². The van der Waals surface area contributed by atoms with E-state index in [2.05, 4.69) is 4.98 Å². The van der Waals surface area contributed by atoms with Crippen LogP contribution in [0.5, 0.6) is 0 Å². The summed E-state index contributed by atoms with van der Waals surface area (Å²) in [6.45, 7) is 1.84. The van der Waals surface area contributed by atoms with Crippen LogP contribution in [-0.4, -0.2) is 16.1 Å². The van der Waals surface area contributed by atoms with Crippen molar-refractivity contribution in [3.8, 4) is 10.6 Å². The first-order chi connectivity index (χ1) is 7.58. The molecular formula is C11H8FNO2S. The highest BCUT2D eigenvalue weighted by molar-refractivity contribution is 7.16. The molecule has 1 heterocycles. The summed E-state index contributed by atoms with van der Waals surface area (Å²) in [5.41, 5.74) is 1.25. The molecule has 2 aromatic rings. The Morgan fingerprint density at radius 3 is 2.88 bits per heavy atom. The van der Waals surface area contributed by atoms with Gasteiger partial charge >= 0.3 is 5.97 Å². The lowest BCUT2D eigenvalue weighted by Gasteiger charge is -1.99. The summed E-state index contributed by atoms with van der Waals surface area (Å²) in [4.78, 5) is 14.7. The van der Waals surface area contributed by atoms with Crippen LogP contribution >= 0.6 is 11.3 Å². The van der Waals surface area contributed by atoms with E-state index in [1.54, 1.807) is 12.1 Å². The predicted molar refractivity (Wildman–Crippen MR) is 59.2 cm³/mol. The van der Waals surface area contributed by atoms with Crippen molar-refractivity contribution in [1.82, 2.24) is 4.98 Å². The van der Waals surface area contributed by atoms with Gasteiger partial charge in [-0.2, -0.15) is 0 Å². The van der Waals surface area contributed by atoms with Crippen molar-refractivity contribution < 1.29 is 14.3 Å². The largest absolute Gasteiger partial charge is 0.477 e. The molecule has 0 unspecified atom stereocenters. The van der Waals surface area contributed by atoms with Gasteiger partial charge in [-0.1, -0.05) is 11.6 Å². The third kappa shape index (κ3) is 1.94. The third-order valence-corrected chi connectivity index (χ3v) is 3.09. The molecule has 5 heteroatoms. The minimum absolute atomic E-state index is 0.107. The Labute approximate surface area is 95.2 Å². The number of aromatic carboxylic acids is 1. The van der Waals surface area contributed by atoms with Gasteiger partial charge in [0.25, 0.3) is 0 Å². The maximum absolute atomic E-state index is 13.5. The Morgan fingerprint density at radius 1 is 1.50 bits per heavy atom. The SMILES string of the molecule is Cc1ccc(F)c(-c2ncc(C(=O)O)s2)c1. The van der Waals surface area contributed by atoms with Crippen LogP contribution in [0.15, 0.2) is 24.4 Å². The van der Waals surface area contributed by atoms with Crippen molar-refractivity contribution in [3.05, 3.63) is 40.7 Å². The number of carboxylic acid groups (broad SMARTS) is 1. The first-order valence-corrected chi connectivity index (χ1v) is 5.35. The number of halogens is 1. The molecule has 2 rings (SSSR count). The minimum Gasteiger partial charge on any atom is -0.477 e. The first kappa shape index (κ1) is 10.8. The fourth-order valence-electron chi connectivity index (χ4n) is 1.30. The van der Waals surface area contributed by atoms with Gasteiger partial charge in [-0.3, -0.25) is 0 Å². The van der Waals surface area contributed by atoms with E-state index in [9.17, 15) is 9.18 Å². The summed E-state index contributed by atoms with van der Waals surface area (Å²) in [7, 11) is 0. The lowest BCUT2D eigenvalue weighted by atomic mass is 10.1.